The molecule has 1 saturated heterocycles. The molecule has 0 radical (unpaired) electrons. The molecule has 132 valence electrons. The van der Waals surface area contributed by atoms with Crippen LogP contribution in [0.3, 0.4) is 0 Å². The molecule has 0 atom stereocenters. The van der Waals surface area contributed by atoms with E-state index in [0.29, 0.717) is 15.8 Å². The predicted molar refractivity (Wildman–Crippen MR) is 108 cm³/mol. The quantitative estimate of drug-likeness (QED) is 0.665. The van der Waals surface area contributed by atoms with Gasteiger partial charge in [0, 0.05) is 0 Å². The maximum atomic E-state index is 12.3. The number of aromatic carboxylic acids is 1. The van der Waals surface area contributed by atoms with Gasteiger partial charge in [-0.25, -0.2) is 9.79 Å². The van der Waals surface area contributed by atoms with E-state index >= 15 is 0 Å². The molecule has 1 fully saturated rings. The van der Waals surface area contributed by atoms with E-state index < -0.39 is 5.97 Å². The van der Waals surface area contributed by atoms with Crippen LogP contribution >= 0.6 is 11.8 Å². The number of hydrogen-bond acceptors (Lipinski definition) is 4. The number of hydrogen-bond donors (Lipinski definition) is 2. The van der Waals surface area contributed by atoms with E-state index in [-0.39, 0.29) is 11.5 Å². The zero-order valence-corrected chi connectivity index (χ0v) is 14.9. The van der Waals surface area contributed by atoms with Crippen molar-refractivity contribution in [3.63, 3.8) is 0 Å². The van der Waals surface area contributed by atoms with Crippen LogP contribution in [-0.4, -0.2) is 22.2 Å². The number of carbonyl (C=O) groups excluding carboxylic acids is 1. The Labute approximate surface area is 159 Å². The predicted octanol–water partition coefficient (Wildman–Crippen LogP) is 4.43. The Morgan fingerprint density at radius 3 is 2.67 bits per heavy atom. The maximum absolute atomic E-state index is 12.3. The molecule has 1 heterocycles. The highest BCUT2D eigenvalue weighted by Crippen LogP contribution is 2.30. The molecule has 0 aromatic heterocycles. The average Bonchev–Trinajstić information content (AvgIpc) is 3.01. The van der Waals surface area contributed by atoms with Crippen LogP contribution in [0, 0.1) is 0 Å². The lowest BCUT2D eigenvalue weighted by Crippen LogP contribution is -2.19. The van der Waals surface area contributed by atoms with Crippen LogP contribution in [0.2, 0.25) is 0 Å². The first-order valence-corrected chi connectivity index (χ1v) is 9.02. The van der Waals surface area contributed by atoms with Crippen LogP contribution < -0.4 is 5.32 Å². The van der Waals surface area contributed by atoms with Gasteiger partial charge in [0.1, 0.15) is 0 Å². The van der Waals surface area contributed by atoms with Crippen LogP contribution in [0.4, 0.5) is 5.69 Å². The molecule has 0 bridgehead atoms. The third kappa shape index (κ3) is 3.61. The minimum absolute atomic E-state index is 0.151. The molecule has 0 spiro atoms. The summed E-state index contributed by atoms with van der Waals surface area (Å²) < 4.78 is 0. The van der Waals surface area contributed by atoms with E-state index in [1.54, 1.807) is 12.1 Å². The largest absolute Gasteiger partial charge is 0.478 e. The molecule has 1 amide bonds. The average molecular weight is 374 g/mol. The van der Waals surface area contributed by atoms with Crippen LogP contribution in [-0.2, 0) is 4.79 Å². The molecule has 6 heteroatoms. The summed E-state index contributed by atoms with van der Waals surface area (Å²) in [6, 6.07) is 20.2. The first-order chi connectivity index (χ1) is 13.1. The number of amidine groups is 1. The van der Waals surface area contributed by atoms with Gasteiger partial charge >= 0.3 is 5.97 Å². The van der Waals surface area contributed by atoms with Crippen molar-refractivity contribution in [3.8, 4) is 0 Å². The zero-order chi connectivity index (χ0) is 18.8. The summed E-state index contributed by atoms with van der Waals surface area (Å²) in [4.78, 5) is 28.3. The summed E-state index contributed by atoms with van der Waals surface area (Å²) in [5, 5.41) is 14.4. The van der Waals surface area contributed by atoms with Gasteiger partial charge in [-0.2, -0.15) is 0 Å². The van der Waals surface area contributed by atoms with Gasteiger partial charge in [0.25, 0.3) is 5.91 Å². The van der Waals surface area contributed by atoms with Crippen molar-refractivity contribution in [2.24, 2.45) is 4.99 Å². The topological polar surface area (TPSA) is 78.8 Å². The molecular formula is C21H14N2O3S. The van der Waals surface area contributed by atoms with E-state index in [1.807, 2.05) is 48.5 Å². The summed E-state index contributed by atoms with van der Waals surface area (Å²) in [5.74, 6) is -1.24. The molecule has 0 aliphatic carbocycles. The number of carboxylic acid groups (broad SMARTS) is 1. The lowest BCUT2D eigenvalue weighted by atomic mass is 10.0. The van der Waals surface area contributed by atoms with Gasteiger partial charge in [-0.15, -0.1) is 0 Å². The van der Waals surface area contributed by atoms with Crippen molar-refractivity contribution in [3.05, 3.63) is 82.8 Å². The Kier molecular flexibility index (Phi) is 4.48. The zero-order valence-electron chi connectivity index (χ0n) is 14.0. The molecule has 0 unspecified atom stereocenters. The molecule has 27 heavy (non-hydrogen) atoms. The molecule has 2 N–H and O–H groups in total. The molecule has 4 rings (SSSR count). The number of aliphatic imine (C=N–C) groups is 1. The summed E-state index contributed by atoms with van der Waals surface area (Å²) in [7, 11) is 0. The lowest BCUT2D eigenvalue weighted by Gasteiger charge is -2.02. The van der Waals surface area contributed by atoms with E-state index in [2.05, 4.69) is 10.3 Å². The third-order valence-electron chi connectivity index (χ3n) is 4.08. The second-order valence-corrected chi connectivity index (χ2v) is 6.94. The molecule has 3 aromatic rings. The molecule has 5 nitrogen and oxygen atoms in total. The van der Waals surface area contributed by atoms with E-state index in [4.69, 9.17) is 5.11 Å². The number of rotatable bonds is 3. The number of carbonyl (C=O) groups is 2. The SMILES string of the molecule is O=C1NC(=Nc2cccc(C(=O)O)c2)SC1=Cc1cccc2ccccc12. The smallest absolute Gasteiger partial charge is 0.335 e. The molecule has 3 aromatic carbocycles. The normalized spacial score (nSPS) is 16.8. The van der Waals surface area contributed by atoms with Gasteiger partial charge in [0.15, 0.2) is 5.17 Å². The Morgan fingerprint density at radius 1 is 1.04 bits per heavy atom. The molecular weight excluding hydrogens is 360 g/mol. The molecule has 1 aliphatic heterocycles. The van der Waals surface area contributed by atoms with E-state index in [9.17, 15) is 9.59 Å². The van der Waals surface area contributed by atoms with Crippen molar-refractivity contribution < 1.29 is 14.7 Å². The summed E-state index contributed by atoms with van der Waals surface area (Å²) >= 11 is 1.23. The highest BCUT2D eigenvalue weighted by atomic mass is 32.2. The van der Waals surface area contributed by atoms with Crippen molar-refractivity contribution >= 4 is 51.3 Å². The Hall–Kier alpha value is -3.38. The number of nitrogens with zero attached hydrogens (tertiary/aromatic N) is 1. The number of benzene rings is 3. The highest BCUT2D eigenvalue weighted by molar-refractivity contribution is 8.18. The van der Waals surface area contributed by atoms with Gasteiger partial charge in [-0.05, 0) is 52.4 Å². The highest BCUT2D eigenvalue weighted by Gasteiger charge is 2.24. The number of thioether (sulfide) groups is 1. The Bertz CT molecular complexity index is 1130. The second-order valence-electron chi connectivity index (χ2n) is 5.91. The van der Waals surface area contributed by atoms with Crippen LogP contribution in [0.1, 0.15) is 15.9 Å². The van der Waals surface area contributed by atoms with Gasteiger partial charge < -0.3 is 10.4 Å². The summed E-state index contributed by atoms with van der Waals surface area (Å²) in [6.45, 7) is 0. The fourth-order valence-corrected chi connectivity index (χ4v) is 3.66. The molecule has 0 saturated carbocycles. The fraction of sp³-hybridized carbons (Fsp3) is 0. The first kappa shape index (κ1) is 17.1. The van der Waals surface area contributed by atoms with Gasteiger partial charge in [-0.3, -0.25) is 4.79 Å². The van der Waals surface area contributed by atoms with Gasteiger partial charge in [0.2, 0.25) is 0 Å². The van der Waals surface area contributed by atoms with Crippen molar-refractivity contribution in [2.75, 3.05) is 0 Å². The molecule has 1 aliphatic rings. The number of amides is 1. The van der Waals surface area contributed by atoms with Crippen LogP contribution in [0.5, 0.6) is 0 Å². The van der Waals surface area contributed by atoms with Crippen LogP contribution in [0.25, 0.3) is 16.8 Å². The summed E-state index contributed by atoms with van der Waals surface area (Å²) in [5.41, 5.74) is 1.58. The summed E-state index contributed by atoms with van der Waals surface area (Å²) in [6.07, 6.45) is 1.85. The number of carboxylic acids is 1. The standard InChI is InChI=1S/C21H14N2O3S/c24-19-18(12-14-7-3-6-13-5-1-2-10-17(13)14)27-21(23-19)22-16-9-4-8-15(11-16)20(25)26/h1-12H,(H,25,26)(H,22,23,24). The monoisotopic (exact) mass is 374 g/mol. The maximum Gasteiger partial charge on any atom is 0.335 e. The third-order valence-corrected chi connectivity index (χ3v) is 4.99. The van der Waals surface area contributed by atoms with Crippen molar-refractivity contribution in [1.82, 2.24) is 5.32 Å². The van der Waals surface area contributed by atoms with E-state index in [0.717, 1.165) is 16.3 Å². The van der Waals surface area contributed by atoms with Gasteiger partial charge in [0.05, 0.1) is 16.2 Å². The Balaban J connectivity index is 1.65. The number of fused-ring (bicyclic) bond motifs is 1. The van der Waals surface area contributed by atoms with Crippen molar-refractivity contribution in [1.29, 1.82) is 0 Å². The van der Waals surface area contributed by atoms with Crippen LogP contribution in [0.15, 0.2) is 76.6 Å². The van der Waals surface area contributed by atoms with Crippen molar-refractivity contribution in [2.45, 2.75) is 0 Å². The lowest BCUT2D eigenvalue weighted by molar-refractivity contribution is -0.115. The van der Waals surface area contributed by atoms with E-state index in [1.165, 1.54) is 23.9 Å². The minimum atomic E-state index is -1.02. The fourth-order valence-electron chi connectivity index (χ4n) is 2.82. The minimum Gasteiger partial charge on any atom is -0.478 e. The van der Waals surface area contributed by atoms with Gasteiger partial charge in [-0.1, -0.05) is 48.5 Å². The first-order valence-electron chi connectivity index (χ1n) is 8.21. The second kappa shape index (κ2) is 7.09. The number of nitrogens with one attached hydrogen (secondary N) is 1. The Morgan fingerprint density at radius 2 is 1.81 bits per heavy atom.